The highest BCUT2D eigenvalue weighted by atomic mass is 19.1. The van der Waals surface area contributed by atoms with Crippen molar-refractivity contribution in [3.63, 3.8) is 0 Å². The maximum atomic E-state index is 13.9. The highest BCUT2D eigenvalue weighted by molar-refractivity contribution is 5.97. The van der Waals surface area contributed by atoms with Gasteiger partial charge in [0.15, 0.2) is 0 Å². The smallest absolute Gasteiger partial charge is 0.257 e. The summed E-state index contributed by atoms with van der Waals surface area (Å²) in [6, 6.07) is 12.6. The van der Waals surface area contributed by atoms with E-state index in [0.717, 1.165) is 18.4 Å². The van der Waals surface area contributed by atoms with E-state index in [0.29, 0.717) is 50.5 Å². The fraction of sp³-hybridized carbons (Fsp3) is 0.452. The number of amides is 3. The predicted octanol–water partition coefficient (Wildman–Crippen LogP) is 3.45. The highest BCUT2D eigenvalue weighted by Crippen LogP contribution is 2.25. The average molecular weight is 577 g/mol. The standard InChI is InChI=1S/C31H37FN6O4/c1-21-33-29-25(19-22-9-4-3-5-10-22)34-30(40)26-11-6-7-16-37(26)28(39)12-8-15-36(17-18-38(29)35-21)31(41)24-14-13-23(32)20-27(24)42-2/h3-5,9-10,13-14,20,25-26H,6-8,11-12,15-19H2,1-2H3,(H,34,40)/t25-,26+/m1/s1. The minimum absolute atomic E-state index is 0.0997. The SMILES string of the molecule is COc1cc(F)ccc1C(=O)N1CCCC(=O)N2CCCC[C@H]2C(=O)N[C@H](Cc2ccccc2)c2nc(C)nn2CC1. The molecule has 2 aliphatic heterocycles. The molecule has 0 aliphatic carbocycles. The van der Waals surface area contributed by atoms with E-state index in [-0.39, 0.29) is 42.0 Å². The van der Waals surface area contributed by atoms with Gasteiger partial charge in [-0.3, -0.25) is 14.4 Å². The van der Waals surface area contributed by atoms with E-state index in [4.69, 9.17) is 9.72 Å². The van der Waals surface area contributed by atoms with Crippen molar-refractivity contribution in [1.29, 1.82) is 0 Å². The van der Waals surface area contributed by atoms with Crippen molar-refractivity contribution in [2.45, 2.75) is 64.1 Å². The van der Waals surface area contributed by atoms with Crippen molar-refractivity contribution in [2.75, 3.05) is 26.7 Å². The third-order valence-electron chi connectivity index (χ3n) is 7.92. The number of nitrogens with one attached hydrogen (secondary N) is 1. The summed E-state index contributed by atoms with van der Waals surface area (Å²) < 4.78 is 20.9. The van der Waals surface area contributed by atoms with Gasteiger partial charge in [-0.05, 0) is 56.7 Å². The van der Waals surface area contributed by atoms with Gasteiger partial charge in [-0.25, -0.2) is 14.1 Å². The lowest BCUT2D eigenvalue weighted by atomic mass is 9.99. The van der Waals surface area contributed by atoms with Crippen LogP contribution in [0.25, 0.3) is 0 Å². The second-order valence-corrected chi connectivity index (χ2v) is 10.8. The number of halogens is 1. The molecule has 1 saturated heterocycles. The van der Waals surface area contributed by atoms with E-state index < -0.39 is 17.9 Å². The molecule has 0 spiro atoms. The number of hydrogen-bond donors (Lipinski definition) is 1. The molecule has 3 amide bonds. The average Bonchev–Trinajstić information content (AvgIpc) is 3.38. The number of benzene rings is 2. The minimum Gasteiger partial charge on any atom is -0.496 e. The van der Waals surface area contributed by atoms with E-state index >= 15 is 0 Å². The zero-order valence-electron chi connectivity index (χ0n) is 24.1. The molecule has 2 aliphatic rings. The third kappa shape index (κ3) is 6.61. The van der Waals surface area contributed by atoms with Crippen LogP contribution in [0.15, 0.2) is 48.5 Å². The number of aryl methyl sites for hydroxylation is 1. The summed E-state index contributed by atoms with van der Waals surface area (Å²) in [5, 5.41) is 7.82. The Morgan fingerprint density at radius 1 is 1.05 bits per heavy atom. The molecule has 0 unspecified atom stereocenters. The number of methoxy groups -OCH3 is 1. The third-order valence-corrected chi connectivity index (χ3v) is 7.92. The zero-order valence-corrected chi connectivity index (χ0v) is 24.1. The molecule has 0 saturated carbocycles. The molecular formula is C31H37FN6O4. The van der Waals surface area contributed by atoms with E-state index in [2.05, 4.69) is 10.4 Å². The Morgan fingerprint density at radius 2 is 1.86 bits per heavy atom. The molecule has 0 radical (unpaired) electrons. The molecule has 0 bridgehead atoms. The van der Waals surface area contributed by atoms with Crippen LogP contribution in [0, 0.1) is 12.7 Å². The minimum atomic E-state index is -0.564. The van der Waals surface area contributed by atoms with Crippen LogP contribution >= 0.6 is 0 Å². The van der Waals surface area contributed by atoms with Gasteiger partial charge in [-0.15, -0.1) is 0 Å². The lowest BCUT2D eigenvalue weighted by Crippen LogP contribution is -2.53. The lowest BCUT2D eigenvalue weighted by Gasteiger charge is -2.36. The molecular weight excluding hydrogens is 539 g/mol. The second-order valence-electron chi connectivity index (χ2n) is 10.8. The number of rotatable bonds is 4. The Labute approximate surface area is 244 Å². The van der Waals surface area contributed by atoms with Crippen molar-refractivity contribution < 1.29 is 23.5 Å². The van der Waals surface area contributed by atoms with Gasteiger partial charge in [-0.1, -0.05) is 30.3 Å². The summed E-state index contributed by atoms with van der Waals surface area (Å²) in [7, 11) is 1.40. The van der Waals surface area contributed by atoms with Crippen LogP contribution in [0.1, 0.15) is 65.7 Å². The van der Waals surface area contributed by atoms with Gasteiger partial charge in [0.1, 0.15) is 29.3 Å². The number of aromatic nitrogens is 3. The van der Waals surface area contributed by atoms with Crippen LogP contribution in [0.5, 0.6) is 5.75 Å². The molecule has 11 heteroatoms. The Bertz CT molecular complexity index is 1430. The Balaban J connectivity index is 1.51. The van der Waals surface area contributed by atoms with E-state index in [1.807, 2.05) is 30.3 Å². The fourth-order valence-electron chi connectivity index (χ4n) is 5.83. The first kappa shape index (κ1) is 29.2. The first-order valence-electron chi connectivity index (χ1n) is 14.5. The highest BCUT2D eigenvalue weighted by Gasteiger charge is 2.34. The van der Waals surface area contributed by atoms with Gasteiger partial charge >= 0.3 is 0 Å². The summed E-state index contributed by atoms with van der Waals surface area (Å²) in [5.41, 5.74) is 1.26. The van der Waals surface area contributed by atoms with Crippen LogP contribution in [-0.4, -0.2) is 75.1 Å². The number of carbonyl (C=O) groups excluding carboxylic acids is 3. The van der Waals surface area contributed by atoms with Crippen molar-refractivity contribution in [2.24, 2.45) is 0 Å². The van der Waals surface area contributed by atoms with E-state index in [1.54, 1.807) is 21.4 Å². The number of piperidine rings is 1. The second kappa shape index (κ2) is 13.1. The van der Waals surface area contributed by atoms with E-state index in [9.17, 15) is 18.8 Å². The Morgan fingerprint density at radius 3 is 2.64 bits per heavy atom. The van der Waals surface area contributed by atoms with Crippen LogP contribution in [-0.2, 0) is 22.6 Å². The molecule has 2 aromatic carbocycles. The van der Waals surface area contributed by atoms with Crippen molar-refractivity contribution in [3.05, 3.63) is 77.1 Å². The van der Waals surface area contributed by atoms with Crippen LogP contribution in [0.2, 0.25) is 0 Å². The molecule has 3 heterocycles. The van der Waals surface area contributed by atoms with Gasteiger partial charge in [0.25, 0.3) is 5.91 Å². The maximum Gasteiger partial charge on any atom is 0.257 e. The molecule has 1 N–H and O–H groups in total. The molecule has 5 rings (SSSR count). The van der Waals surface area contributed by atoms with Gasteiger partial charge in [0.05, 0.1) is 25.3 Å². The number of nitrogens with zero attached hydrogens (tertiary/aromatic N) is 5. The molecule has 3 aromatic rings. The molecule has 1 fully saturated rings. The van der Waals surface area contributed by atoms with Crippen LogP contribution in [0.4, 0.5) is 4.39 Å². The zero-order chi connectivity index (χ0) is 29.6. The monoisotopic (exact) mass is 576 g/mol. The topological polar surface area (TPSA) is 110 Å². The van der Waals surface area contributed by atoms with Crippen molar-refractivity contribution in [1.82, 2.24) is 29.9 Å². The first-order valence-corrected chi connectivity index (χ1v) is 14.5. The normalized spacial score (nSPS) is 20.3. The van der Waals surface area contributed by atoms with Gasteiger partial charge in [0, 0.05) is 32.1 Å². The lowest BCUT2D eigenvalue weighted by molar-refractivity contribution is -0.142. The summed E-state index contributed by atoms with van der Waals surface area (Å²) in [5.74, 6) is 0.173. The Hall–Kier alpha value is -4.28. The number of hydrogen-bond acceptors (Lipinski definition) is 6. The first-order chi connectivity index (χ1) is 20.3. The number of ether oxygens (including phenoxy) is 1. The molecule has 222 valence electrons. The van der Waals surface area contributed by atoms with Gasteiger partial charge < -0.3 is 19.9 Å². The summed E-state index contributed by atoms with van der Waals surface area (Å²) in [6.45, 7) is 3.19. The predicted molar refractivity (Wildman–Crippen MR) is 153 cm³/mol. The fourth-order valence-corrected chi connectivity index (χ4v) is 5.83. The largest absolute Gasteiger partial charge is 0.496 e. The quantitative estimate of drug-likeness (QED) is 0.510. The summed E-state index contributed by atoms with van der Waals surface area (Å²) in [6.07, 6.45) is 3.40. The van der Waals surface area contributed by atoms with Crippen LogP contribution in [0.3, 0.4) is 0 Å². The Kier molecular flexibility index (Phi) is 9.14. The molecule has 42 heavy (non-hydrogen) atoms. The number of carbonyl (C=O) groups is 3. The van der Waals surface area contributed by atoms with Gasteiger partial charge in [0.2, 0.25) is 11.8 Å². The number of fused-ring (bicyclic) bond motifs is 2. The summed E-state index contributed by atoms with van der Waals surface area (Å²) >= 11 is 0. The molecule has 10 nitrogen and oxygen atoms in total. The van der Waals surface area contributed by atoms with E-state index in [1.165, 1.54) is 25.3 Å². The molecule has 2 atom stereocenters. The molecule has 1 aromatic heterocycles. The van der Waals surface area contributed by atoms with Crippen molar-refractivity contribution in [3.8, 4) is 5.75 Å². The van der Waals surface area contributed by atoms with Crippen molar-refractivity contribution >= 4 is 17.7 Å². The maximum absolute atomic E-state index is 13.9. The summed E-state index contributed by atoms with van der Waals surface area (Å²) in [4.78, 5) is 48.9. The van der Waals surface area contributed by atoms with Gasteiger partial charge in [-0.2, -0.15) is 5.10 Å². The van der Waals surface area contributed by atoms with Crippen LogP contribution < -0.4 is 10.1 Å².